The first-order chi connectivity index (χ1) is 12.4. The summed E-state index contributed by atoms with van der Waals surface area (Å²) >= 11 is 1.78. The van der Waals surface area contributed by atoms with Gasteiger partial charge in [0.2, 0.25) is 0 Å². The first-order valence-electron chi connectivity index (χ1n) is 9.54. The minimum atomic E-state index is 0.167. The Balaban J connectivity index is 1.74. The smallest absolute Gasteiger partial charge is 0.193 e. The highest BCUT2D eigenvalue weighted by Gasteiger charge is 2.23. The molecule has 0 atom stereocenters. The Bertz CT molecular complexity index is 713. The van der Waals surface area contributed by atoms with Crippen LogP contribution in [0.2, 0.25) is 0 Å². The normalized spacial score (nSPS) is 15.5. The predicted molar refractivity (Wildman–Crippen MR) is 109 cm³/mol. The molecule has 1 aromatic carbocycles. The van der Waals surface area contributed by atoms with Crippen LogP contribution in [0.4, 0.5) is 0 Å². The molecule has 2 heterocycles. The Kier molecular flexibility index (Phi) is 6.05. The lowest BCUT2D eigenvalue weighted by molar-refractivity contribution is 0.195. The van der Waals surface area contributed by atoms with E-state index in [1.807, 2.05) is 0 Å². The number of nitrogens with zero attached hydrogens (tertiary/aromatic N) is 5. The second-order valence-corrected chi connectivity index (χ2v) is 8.81. The molecule has 0 spiro atoms. The van der Waals surface area contributed by atoms with Gasteiger partial charge in [0.05, 0.1) is 12.5 Å². The maximum absolute atomic E-state index is 4.48. The summed E-state index contributed by atoms with van der Waals surface area (Å²) in [7, 11) is 0. The number of benzene rings is 1. The van der Waals surface area contributed by atoms with E-state index in [9.17, 15) is 0 Å². The minimum Gasteiger partial charge on any atom is -0.303 e. The van der Waals surface area contributed by atoms with Gasteiger partial charge in [-0.2, -0.15) is 0 Å². The highest BCUT2D eigenvalue weighted by molar-refractivity contribution is 7.99. The molecule has 2 aromatic rings. The largest absolute Gasteiger partial charge is 0.303 e. The van der Waals surface area contributed by atoms with Crippen molar-refractivity contribution in [1.82, 2.24) is 24.6 Å². The van der Waals surface area contributed by atoms with E-state index >= 15 is 0 Å². The summed E-state index contributed by atoms with van der Waals surface area (Å²) < 4.78 is 2.25. The Morgan fingerprint density at radius 2 is 1.77 bits per heavy atom. The molecule has 0 saturated carbocycles. The van der Waals surface area contributed by atoms with E-state index in [2.05, 4.69) is 83.4 Å². The average Bonchev–Trinajstić information content (AvgIpc) is 3.05. The highest BCUT2D eigenvalue weighted by atomic mass is 32.2. The molecule has 5 nitrogen and oxygen atoms in total. The summed E-state index contributed by atoms with van der Waals surface area (Å²) in [6.07, 6.45) is 0. The second-order valence-electron chi connectivity index (χ2n) is 7.90. The standard InChI is InChI=1S/C20H31N5S/c1-6-23(7-2)12-13-24-14-25-18(21-22-19(25)26-15-24)16-8-10-17(11-9-16)20(3,4)5/h8-11H,6-7,12-15H2,1-5H3. The number of aromatic nitrogens is 3. The first-order valence-corrected chi connectivity index (χ1v) is 10.5. The number of fused-ring (bicyclic) bond motifs is 1. The molecular formula is C20H31N5S. The maximum Gasteiger partial charge on any atom is 0.193 e. The summed E-state index contributed by atoms with van der Waals surface area (Å²) in [5.74, 6) is 1.96. The molecule has 1 aromatic heterocycles. The van der Waals surface area contributed by atoms with E-state index < -0.39 is 0 Å². The van der Waals surface area contributed by atoms with Crippen molar-refractivity contribution in [2.24, 2.45) is 0 Å². The van der Waals surface area contributed by atoms with Gasteiger partial charge in [0, 0.05) is 18.7 Å². The summed E-state index contributed by atoms with van der Waals surface area (Å²) in [6.45, 7) is 16.5. The van der Waals surface area contributed by atoms with Crippen LogP contribution in [-0.4, -0.2) is 56.6 Å². The van der Waals surface area contributed by atoms with Crippen LogP contribution in [0.1, 0.15) is 40.2 Å². The number of hydrogen-bond donors (Lipinski definition) is 0. The van der Waals surface area contributed by atoms with Crippen LogP contribution >= 0.6 is 11.8 Å². The van der Waals surface area contributed by atoms with E-state index in [-0.39, 0.29) is 5.41 Å². The Morgan fingerprint density at radius 3 is 2.38 bits per heavy atom. The zero-order valence-corrected chi connectivity index (χ0v) is 17.5. The van der Waals surface area contributed by atoms with Crippen LogP contribution in [0.5, 0.6) is 0 Å². The molecule has 0 fully saturated rings. The van der Waals surface area contributed by atoms with Crippen molar-refractivity contribution in [2.75, 3.05) is 32.1 Å². The minimum absolute atomic E-state index is 0.167. The molecule has 0 bridgehead atoms. The van der Waals surface area contributed by atoms with Gasteiger partial charge in [0.1, 0.15) is 0 Å². The molecule has 0 amide bonds. The third kappa shape index (κ3) is 4.30. The molecule has 142 valence electrons. The van der Waals surface area contributed by atoms with Crippen LogP contribution < -0.4 is 0 Å². The fourth-order valence-corrected chi connectivity index (χ4v) is 4.11. The van der Waals surface area contributed by atoms with Gasteiger partial charge < -0.3 is 4.90 Å². The molecular weight excluding hydrogens is 342 g/mol. The molecule has 3 rings (SSSR count). The summed E-state index contributed by atoms with van der Waals surface area (Å²) in [4.78, 5) is 4.95. The maximum atomic E-state index is 4.48. The third-order valence-electron chi connectivity index (χ3n) is 5.07. The van der Waals surface area contributed by atoms with Crippen LogP contribution in [0.25, 0.3) is 11.4 Å². The van der Waals surface area contributed by atoms with Gasteiger partial charge >= 0.3 is 0 Å². The molecule has 0 radical (unpaired) electrons. The Morgan fingerprint density at radius 1 is 1.08 bits per heavy atom. The van der Waals surface area contributed by atoms with Crippen LogP contribution in [0, 0.1) is 0 Å². The topological polar surface area (TPSA) is 37.2 Å². The summed E-state index contributed by atoms with van der Waals surface area (Å²) in [5.41, 5.74) is 2.65. The number of likely N-dealkylation sites (N-methyl/N-ethyl adjacent to an activating group) is 1. The second kappa shape index (κ2) is 8.11. The molecule has 0 aliphatic carbocycles. The van der Waals surface area contributed by atoms with Crippen molar-refractivity contribution in [1.29, 1.82) is 0 Å². The Hall–Kier alpha value is -1.37. The molecule has 0 saturated heterocycles. The molecule has 0 N–H and O–H groups in total. The lowest BCUT2D eigenvalue weighted by atomic mass is 9.87. The van der Waals surface area contributed by atoms with Crippen molar-refractivity contribution in [3.63, 3.8) is 0 Å². The van der Waals surface area contributed by atoms with E-state index in [1.165, 1.54) is 5.56 Å². The van der Waals surface area contributed by atoms with Gasteiger partial charge in [0.25, 0.3) is 0 Å². The van der Waals surface area contributed by atoms with Crippen LogP contribution in [0.3, 0.4) is 0 Å². The van der Waals surface area contributed by atoms with Gasteiger partial charge in [0.15, 0.2) is 11.0 Å². The highest BCUT2D eigenvalue weighted by Crippen LogP contribution is 2.30. The van der Waals surface area contributed by atoms with Crippen LogP contribution in [-0.2, 0) is 12.1 Å². The molecule has 0 unspecified atom stereocenters. The Labute approximate surface area is 161 Å². The van der Waals surface area contributed by atoms with E-state index in [0.717, 1.165) is 55.3 Å². The monoisotopic (exact) mass is 373 g/mol. The zero-order chi connectivity index (χ0) is 18.7. The van der Waals surface area contributed by atoms with Crippen molar-refractivity contribution in [3.05, 3.63) is 29.8 Å². The molecule has 26 heavy (non-hydrogen) atoms. The van der Waals surface area contributed by atoms with Crippen LogP contribution in [0.15, 0.2) is 29.4 Å². The van der Waals surface area contributed by atoms with E-state index in [0.29, 0.717) is 0 Å². The zero-order valence-electron chi connectivity index (χ0n) is 16.7. The predicted octanol–water partition coefficient (Wildman–Crippen LogP) is 3.91. The fourth-order valence-electron chi connectivity index (χ4n) is 3.20. The lowest BCUT2D eigenvalue weighted by Gasteiger charge is -2.30. The molecule has 6 heteroatoms. The van der Waals surface area contributed by atoms with Gasteiger partial charge in [-0.1, -0.05) is 70.6 Å². The average molecular weight is 374 g/mol. The van der Waals surface area contributed by atoms with Crippen molar-refractivity contribution < 1.29 is 0 Å². The lowest BCUT2D eigenvalue weighted by Crippen LogP contribution is -2.37. The summed E-state index contributed by atoms with van der Waals surface area (Å²) in [6, 6.07) is 8.78. The number of thioether (sulfide) groups is 1. The first kappa shape index (κ1) is 19.4. The van der Waals surface area contributed by atoms with Crippen molar-refractivity contribution in [3.8, 4) is 11.4 Å². The summed E-state index contributed by atoms with van der Waals surface area (Å²) in [5, 5.41) is 9.91. The number of hydrogen-bond acceptors (Lipinski definition) is 5. The quantitative estimate of drug-likeness (QED) is 0.767. The third-order valence-corrected chi connectivity index (χ3v) is 6.12. The van der Waals surface area contributed by atoms with Gasteiger partial charge in [-0.3, -0.25) is 9.47 Å². The van der Waals surface area contributed by atoms with Crippen molar-refractivity contribution >= 4 is 11.8 Å². The molecule has 1 aliphatic rings. The van der Waals surface area contributed by atoms with Crippen molar-refractivity contribution in [2.45, 2.75) is 51.9 Å². The van der Waals surface area contributed by atoms with Gasteiger partial charge in [-0.15, -0.1) is 10.2 Å². The number of rotatable bonds is 6. The van der Waals surface area contributed by atoms with E-state index in [4.69, 9.17) is 0 Å². The van der Waals surface area contributed by atoms with Gasteiger partial charge in [-0.25, -0.2) is 0 Å². The van der Waals surface area contributed by atoms with E-state index in [1.54, 1.807) is 11.8 Å². The molecule has 1 aliphatic heterocycles. The van der Waals surface area contributed by atoms with Gasteiger partial charge in [-0.05, 0) is 24.1 Å². The fraction of sp³-hybridized carbons (Fsp3) is 0.600. The SMILES string of the molecule is CCN(CC)CCN1CSc2nnc(-c3ccc(C(C)(C)C)cc3)n2C1.